The van der Waals surface area contributed by atoms with Gasteiger partial charge in [-0.25, -0.2) is 0 Å². The minimum atomic E-state index is -0.580. The molecule has 0 atom stereocenters. The van der Waals surface area contributed by atoms with Crippen LogP contribution in [-0.2, 0) is 5.54 Å². The largest absolute Gasteiger partial charge is 0.493 e. The summed E-state index contributed by atoms with van der Waals surface area (Å²) in [7, 11) is 1.40. The standard InChI is InChI=1S/C20H22N2O5/c1-3-27-18-12-15(16(22(24)25)13-17(18)26-2)19(23)21-20(10-7-11-20)14-8-5-4-6-9-14/h4-6,8-9,12-13H,3,7,10-11H2,1-2H3,(H,21,23). The maximum absolute atomic E-state index is 13.0. The van der Waals surface area contributed by atoms with Crippen molar-refractivity contribution in [1.82, 2.24) is 5.32 Å². The summed E-state index contributed by atoms with van der Waals surface area (Å²) in [5.74, 6) is 0.0356. The van der Waals surface area contributed by atoms with Gasteiger partial charge in [-0.1, -0.05) is 30.3 Å². The van der Waals surface area contributed by atoms with E-state index in [1.165, 1.54) is 19.2 Å². The normalized spacial score (nSPS) is 14.7. The van der Waals surface area contributed by atoms with E-state index in [0.29, 0.717) is 12.4 Å². The summed E-state index contributed by atoms with van der Waals surface area (Å²) >= 11 is 0. The quantitative estimate of drug-likeness (QED) is 0.591. The molecular weight excluding hydrogens is 348 g/mol. The van der Waals surface area contributed by atoms with Crippen molar-refractivity contribution >= 4 is 11.6 Å². The van der Waals surface area contributed by atoms with Gasteiger partial charge in [-0.3, -0.25) is 14.9 Å². The van der Waals surface area contributed by atoms with Gasteiger partial charge in [0.2, 0.25) is 0 Å². The third kappa shape index (κ3) is 3.58. The first-order chi connectivity index (χ1) is 13.0. The lowest BCUT2D eigenvalue weighted by Crippen LogP contribution is -2.50. The zero-order chi connectivity index (χ0) is 19.4. The van der Waals surface area contributed by atoms with E-state index >= 15 is 0 Å². The van der Waals surface area contributed by atoms with E-state index < -0.39 is 16.4 Å². The van der Waals surface area contributed by atoms with Crippen LogP contribution in [0.5, 0.6) is 11.5 Å². The summed E-state index contributed by atoms with van der Waals surface area (Å²) in [6.07, 6.45) is 2.58. The van der Waals surface area contributed by atoms with Crippen LogP contribution in [0.2, 0.25) is 0 Å². The predicted molar refractivity (Wildman–Crippen MR) is 100 cm³/mol. The lowest BCUT2D eigenvalue weighted by Gasteiger charge is -2.43. The predicted octanol–water partition coefficient (Wildman–Crippen LogP) is 3.81. The Kier molecular flexibility index (Phi) is 5.30. The second kappa shape index (κ2) is 7.65. The molecule has 27 heavy (non-hydrogen) atoms. The van der Waals surface area contributed by atoms with Gasteiger partial charge in [0.25, 0.3) is 11.6 Å². The Morgan fingerprint density at radius 1 is 1.22 bits per heavy atom. The second-order valence-corrected chi connectivity index (χ2v) is 6.47. The molecule has 0 aromatic heterocycles. The summed E-state index contributed by atoms with van der Waals surface area (Å²) < 4.78 is 10.6. The Morgan fingerprint density at radius 3 is 2.44 bits per heavy atom. The van der Waals surface area contributed by atoms with Crippen molar-refractivity contribution in [3.8, 4) is 11.5 Å². The topological polar surface area (TPSA) is 90.7 Å². The fourth-order valence-corrected chi connectivity index (χ4v) is 3.37. The highest BCUT2D eigenvalue weighted by atomic mass is 16.6. The van der Waals surface area contributed by atoms with Crippen LogP contribution in [0.3, 0.4) is 0 Å². The summed E-state index contributed by atoms with van der Waals surface area (Å²) in [6.45, 7) is 2.14. The number of benzene rings is 2. The first-order valence-corrected chi connectivity index (χ1v) is 8.88. The van der Waals surface area contributed by atoms with Gasteiger partial charge >= 0.3 is 0 Å². The smallest absolute Gasteiger partial charge is 0.286 e. The molecule has 1 saturated carbocycles. The molecular formula is C20H22N2O5. The lowest BCUT2D eigenvalue weighted by atomic mass is 9.71. The number of nitro benzene ring substituents is 1. The molecule has 142 valence electrons. The number of rotatable bonds is 7. The Labute approximate surface area is 157 Å². The molecule has 2 aromatic rings. The van der Waals surface area contributed by atoms with E-state index in [0.717, 1.165) is 24.8 Å². The summed E-state index contributed by atoms with van der Waals surface area (Å²) in [5.41, 5.74) is 0.172. The molecule has 3 rings (SSSR count). The van der Waals surface area contributed by atoms with E-state index in [-0.39, 0.29) is 17.0 Å². The van der Waals surface area contributed by atoms with Crippen LogP contribution in [0.1, 0.15) is 42.1 Å². The van der Waals surface area contributed by atoms with Crippen LogP contribution >= 0.6 is 0 Å². The van der Waals surface area contributed by atoms with E-state index in [9.17, 15) is 14.9 Å². The number of hydrogen-bond acceptors (Lipinski definition) is 5. The van der Waals surface area contributed by atoms with Crippen LogP contribution < -0.4 is 14.8 Å². The molecule has 0 bridgehead atoms. The molecule has 1 aliphatic carbocycles. The fourth-order valence-electron chi connectivity index (χ4n) is 3.37. The first-order valence-electron chi connectivity index (χ1n) is 8.88. The average Bonchev–Trinajstić information content (AvgIpc) is 2.65. The second-order valence-electron chi connectivity index (χ2n) is 6.47. The lowest BCUT2D eigenvalue weighted by molar-refractivity contribution is -0.385. The Hall–Kier alpha value is -3.09. The van der Waals surface area contributed by atoms with E-state index in [2.05, 4.69) is 5.32 Å². The molecule has 0 saturated heterocycles. The zero-order valence-corrected chi connectivity index (χ0v) is 15.4. The van der Waals surface area contributed by atoms with Crippen molar-refractivity contribution in [2.24, 2.45) is 0 Å². The molecule has 1 aliphatic rings. The Bertz CT molecular complexity index is 847. The van der Waals surface area contributed by atoms with Gasteiger partial charge in [0, 0.05) is 6.07 Å². The summed E-state index contributed by atoms with van der Waals surface area (Å²) in [6, 6.07) is 12.3. The maximum atomic E-state index is 13.0. The van der Waals surface area contributed by atoms with Gasteiger partial charge < -0.3 is 14.8 Å². The number of nitrogens with zero attached hydrogens (tertiary/aromatic N) is 1. The van der Waals surface area contributed by atoms with Crippen LogP contribution in [0, 0.1) is 10.1 Å². The Balaban J connectivity index is 1.98. The molecule has 0 spiro atoms. The molecule has 7 nitrogen and oxygen atoms in total. The number of nitrogens with one attached hydrogen (secondary N) is 1. The van der Waals surface area contributed by atoms with Crippen molar-refractivity contribution < 1.29 is 19.2 Å². The molecule has 2 aromatic carbocycles. The summed E-state index contributed by atoms with van der Waals surface area (Å²) in [4.78, 5) is 23.9. The van der Waals surface area contributed by atoms with E-state index in [4.69, 9.17) is 9.47 Å². The molecule has 0 aliphatic heterocycles. The highest BCUT2D eigenvalue weighted by Crippen LogP contribution is 2.42. The number of carbonyl (C=O) groups excluding carboxylic acids is 1. The number of nitro groups is 1. The number of hydrogen-bond donors (Lipinski definition) is 1. The van der Waals surface area contributed by atoms with Gasteiger partial charge in [-0.05, 0) is 31.7 Å². The molecule has 1 N–H and O–H groups in total. The fraction of sp³-hybridized carbons (Fsp3) is 0.350. The van der Waals surface area contributed by atoms with Crippen LogP contribution in [0.15, 0.2) is 42.5 Å². The molecule has 1 fully saturated rings. The van der Waals surface area contributed by atoms with Crippen molar-refractivity contribution in [3.05, 3.63) is 63.7 Å². The van der Waals surface area contributed by atoms with Crippen LogP contribution in [0.4, 0.5) is 5.69 Å². The van der Waals surface area contributed by atoms with Crippen molar-refractivity contribution in [2.45, 2.75) is 31.7 Å². The van der Waals surface area contributed by atoms with Gasteiger partial charge in [0.1, 0.15) is 5.56 Å². The van der Waals surface area contributed by atoms with Gasteiger partial charge in [0.05, 0.1) is 30.2 Å². The maximum Gasteiger partial charge on any atom is 0.286 e. The number of amides is 1. The average molecular weight is 370 g/mol. The Morgan fingerprint density at radius 2 is 1.93 bits per heavy atom. The zero-order valence-electron chi connectivity index (χ0n) is 15.4. The van der Waals surface area contributed by atoms with Crippen molar-refractivity contribution in [1.29, 1.82) is 0 Å². The molecule has 1 amide bonds. The number of carbonyl (C=O) groups is 1. The molecule has 0 unspecified atom stereocenters. The third-order valence-corrected chi connectivity index (χ3v) is 4.91. The molecule has 0 heterocycles. The highest BCUT2D eigenvalue weighted by molar-refractivity contribution is 5.99. The van der Waals surface area contributed by atoms with Gasteiger partial charge in [0.15, 0.2) is 11.5 Å². The van der Waals surface area contributed by atoms with E-state index in [1.807, 2.05) is 30.3 Å². The SMILES string of the molecule is CCOc1cc(C(=O)NC2(c3ccccc3)CCC2)c([N+](=O)[O-])cc1OC. The number of ether oxygens (including phenoxy) is 2. The number of methoxy groups -OCH3 is 1. The summed E-state index contributed by atoms with van der Waals surface area (Å²) in [5, 5.41) is 14.5. The van der Waals surface area contributed by atoms with Gasteiger partial charge in [-0.2, -0.15) is 0 Å². The molecule has 0 radical (unpaired) electrons. The third-order valence-electron chi connectivity index (χ3n) is 4.91. The van der Waals surface area contributed by atoms with Crippen molar-refractivity contribution in [2.75, 3.05) is 13.7 Å². The van der Waals surface area contributed by atoms with Crippen LogP contribution in [0.25, 0.3) is 0 Å². The highest BCUT2D eigenvalue weighted by Gasteiger charge is 2.41. The van der Waals surface area contributed by atoms with E-state index in [1.54, 1.807) is 6.92 Å². The van der Waals surface area contributed by atoms with Gasteiger partial charge in [-0.15, -0.1) is 0 Å². The minimum Gasteiger partial charge on any atom is -0.493 e. The molecule has 7 heteroatoms. The van der Waals surface area contributed by atoms with Crippen LogP contribution in [-0.4, -0.2) is 24.5 Å². The first kappa shape index (κ1) is 18.7. The van der Waals surface area contributed by atoms with Crippen molar-refractivity contribution in [3.63, 3.8) is 0 Å². The minimum absolute atomic E-state index is 0.0357. The monoisotopic (exact) mass is 370 g/mol.